The molecule has 0 saturated carbocycles. The molecule has 2 aromatic carbocycles. The second-order valence-corrected chi connectivity index (χ2v) is 5.65. The van der Waals surface area contributed by atoms with Crippen LogP contribution in [0.2, 0.25) is 0 Å². The van der Waals surface area contributed by atoms with Crippen molar-refractivity contribution >= 4 is 22.6 Å². The monoisotopic (exact) mass is 359 g/mol. The van der Waals surface area contributed by atoms with E-state index in [4.69, 9.17) is 4.74 Å². The molecule has 116 valence electrons. The average Bonchev–Trinajstić information content (AvgIpc) is 2.65. The molecule has 1 aliphatic rings. The lowest BCUT2D eigenvalue weighted by molar-refractivity contribution is 0.307. The Labute approximate surface area is 143 Å². The van der Waals surface area contributed by atoms with Crippen molar-refractivity contribution in [2.24, 2.45) is 0 Å². The molecular weight excluding hydrogens is 338 g/mol. The predicted octanol–water partition coefficient (Wildman–Crippen LogP) is 4.54. The molecule has 3 heteroatoms. The Balaban J connectivity index is 0.00000176. The zero-order chi connectivity index (χ0) is 14.7. The van der Waals surface area contributed by atoms with E-state index in [2.05, 4.69) is 67.5 Å². The van der Waals surface area contributed by atoms with Crippen molar-refractivity contribution in [3.8, 4) is 5.75 Å². The summed E-state index contributed by atoms with van der Waals surface area (Å²) >= 11 is 0. The molecule has 0 saturated heterocycles. The first-order valence-electron chi connectivity index (χ1n) is 7.41. The Morgan fingerprint density at radius 2 is 1.68 bits per heavy atom. The number of fused-ring (bicyclic) bond motifs is 2. The first-order chi connectivity index (χ1) is 10.3. The van der Waals surface area contributed by atoms with E-state index in [-0.39, 0.29) is 17.0 Å². The van der Waals surface area contributed by atoms with Gasteiger partial charge in [0.2, 0.25) is 0 Å². The number of hydrogen-bond donors (Lipinski definition) is 0. The lowest BCUT2D eigenvalue weighted by Crippen LogP contribution is -2.12. The van der Waals surface area contributed by atoms with Gasteiger partial charge in [-0.2, -0.15) is 0 Å². The summed E-state index contributed by atoms with van der Waals surface area (Å²) in [5.74, 6) is 0.977. The van der Waals surface area contributed by atoms with Crippen LogP contribution in [0.4, 0.5) is 0 Å². The van der Waals surface area contributed by atoms with Crippen molar-refractivity contribution in [2.75, 3.05) is 20.6 Å². The molecule has 0 amide bonds. The van der Waals surface area contributed by atoms with Gasteiger partial charge in [-0.1, -0.05) is 48.5 Å². The van der Waals surface area contributed by atoms with E-state index in [1.807, 2.05) is 6.07 Å². The summed E-state index contributed by atoms with van der Waals surface area (Å²) in [5.41, 5.74) is 5.03. The zero-order valence-electron chi connectivity index (χ0n) is 13.1. The molecule has 1 aliphatic heterocycles. The standard InChI is InChI=1S/C19H21NO.BrH/c1-20(2)13-7-11-17-16-9-4-3-8-15(16)14-21-19-12-6-5-10-18(17)19;/h3-6,8-12H,7,13-14H2,1-2H3;1H. The number of nitrogens with zero attached hydrogens (tertiary/aromatic N) is 1. The molecule has 2 aromatic rings. The van der Waals surface area contributed by atoms with Gasteiger partial charge in [0, 0.05) is 12.1 Å². The third-order valence-corrected chi connectivity index (χ3v) is 3.79. The van der Waals surface area contributed by atoms with E-state index in [0.717, 1.165) is 18.7 Å². The van der Waals surface area contributed by atoms with Crippen LogP contribution in [-0.2, 0) is 6.61 Å². The lowest BCUT2D eigenvalue weighted by atomic mass is 9.93. The second-order valence-electron chi connectivity index (χ2n) is 5.65. The third-order valence-electron chi connectivity index (χ3n) is 3.79. The largest absolute Gasteiger partial charge is 0.488 e. The van der Waals surface area contributed by atoms with Crippen molar-refractivity contribution in [1.82, 2.24) is 4.90 Å². The minimum absolute atomic E-state index is 0. The topological polar surface area (TPSA) is 12.5 Å². The van der Waals surface area contributed by atoms with Crippen LogP contribution >= 0.6 is 17.0 Å². The van der Waals surface area contributed by atoms with Crippen molar-refractivity contribution < 1.29 is 4.74 Å². The van der Waals surface area contributed by atoms with Crippen molar-refractivity contribution in [3.05, 3.63) is 71.3 Å². The fourth-order valence-electron chi connectivity index (χ4n) is 2.71. The van der Waals surface area contributed by atoms with Crippen molar-refractivity contribution in [1.29, 1.82) is 0 Å². The molecule has 22 heavy (non-hydrogen) atoms. The minimum atomic E-state index is 0. The van der Waals surface area contributed by atoms with E-state index in [1.165, 1.54) is 22.3 Å². The van der Waals surface area contributed by atoms with Gasteiger partial charge in [-0.05, 0) is 43.3 Å². The van der Waals surface area contributed by atoms with Crippen LogP contribution in [-0.4, -0.2) is 25.5 Å². The van der Waals surface area contributed by atoms with Crippen LogP contribution in [0, 0.1) is 0 Å². The summed E-state index contributed by atoms with van der Waals surface area (Å²) in [4.78, 5) is 2.21. The molecule has 0 bridgehead atoms. The van der Waals surface area contributed by atoms with Crippen LogP contribution < -0.4 is 4.74 Å². The minimum Gasteiger partial charge on any atom is -0.488 e. The Kier molecular flexibility index (Phi) is 5.81. The van der Waals surface area contributed by atoms with Gasteiger partial charge in [-0.15, -0.1) is 17.0 Å². The van der Waals surface area contributed by atoms with Crippen molar-refractivity contribution in [3.63, 3.8) is 0 Å². The highest BCUT2D eigenvalue weighted by Gasteiger charge is 2.17. The summed E-state index contributed by atoms with van der Waals surface area (Å²) in [6, 6.07) is 16.9. The first-order valence-corrected chi connectivity index (χ1v) is 7.41. The maximum absolute atomic E-state index is 5.98. The van der Waals surface area contributed by atoms with Crippen LogP contribution in [0.5, 0.6) is 5.75 Å². The van der Waals surface area contributed by atoms with Gasteiger partial charge < -0.3 is 9.64 Å². The van der Waals surface area contributed by atoms with Gasteiger partial charge in [0.05, 0.1) is 0 Å². The number of para-hydroxylation sites is 1. The molecule has 0 N–H and O–H groups in total. The summed E-state index contributed by atoms with van der Waals surface area (Å²) in [7, 11) is 4.22. The van der Waals surface area contributed by atoms with Crippen LogP contribution in [0.25, 0.3) is 5.57 Å². The molecular formula is C19H22BrNO. The normalized spacial score (nSPS) is 14.6. The van der Waals surface area contributed by atoms with Crippen LogP contribution in [0.1, 0.15) is 23.1 Å². The van der Waals surface area contributed by atoms with Gasteiger partial charge in [-0.25, -0.2) is 0 Å². The average molecular weight is 360 g/mol. The first kappa shape index (κ1) is 16.8. The van der Waals surface area contributed by atoms with E-state index >= 15 is 0 Å². The number of halogens is 1. The lowest BCUT2D eigenvalue weighted by Gasteiger charge is -2.12. The number of benzene rings is 2. The van der Waals surface area contributed by atoms with Gasteiger partial charge in [0.1, 0.15) is 12.4 Å². The summed E-state index contributed by atoms with van der Waals surface area (Å²) in [6.45, 7) is 1.69. The van der Waals surface area contributed by atoms with Gasteiger partial charge >= 0.3 is 0 Å². The Bertz CT molecular complexity index is 614. The molecule has 0 radical (unpaired) electrons. The number of hydrogen-bond acceptors (Lipinski definition) is 2. The fraction of sp³-hybridized carbons (Fsp3) is 0.263. The Hall–Kier alpha value is -1.58. The fourth-order valence-corrected chi connectivity index (χ4v) is 2.71. The highest BCUT2D eigenvalue weighted by molar-refractivity contribution is 8.93. The van der Waals surface area contributed by atoms with Gasteiger partial charge in [-0.3, -0.25) is 0 Å². The maximum Gasteiger partial charge on any atom is 0.127 e. The van der Waals surface area contributed by atoms with Gasteiger partial charge in [0.15, 0.2) is 0 Å². The summed E-state index contributed by atoms with van der Waals surface area (Å²) < 4.78 is 5.98. The molecule has 0 aromatic heterocycles. The highest BCUT2D eigenvalue weighted by Crippen LogP contribution is 2.36. The Morgan fingerprint density at radius 1 is 1.00 bits per heavy atom. The van der Waals surface area contributed by atoms with Crippen LogP contribution in [0.3, 0.4) is 0 Å². The molecule has 0 spiro atoms. The second kappa shape index (κ2) is 7.61. The quantitative estimate of drug-likeness (QED) is 0.797. The van der Waals surface area contributed by atoms with E-state index in [0.29, 0.717) is 6.61 Å². The molecule has 1 heterocycles. The summed E-state index contributed by atoms with van der Waals surface area (Å²) in [6.07, 6.45) is 3.37. The van der Waals surface area contributed by atoms with Crippen molar-refractivity contribution in [2.45, 2.75) is 13.0 Å². The smallest absolute Gasteiger partial charge is 0.127 e. The zero-order valence-corrected chi connectivity index (χ0v) is 14.8. The SMILES string of the molecule is Br.CN(C)CCC=C1c2ccccc2COc2ccccc21. The van der Waals surface area contributed by atoms with Gasteiger partial charge in [0.25, 0.3) is 0 Å². The number of rotatable bonds is 3. The predicted molar refractivity (Wildman–Crippen MR) is 97.8 cm³/mol. The van der Waals surface area contributed by atoms with E-state index in [1.54, 1.807) is 0 Å². The molecule has 0 fully saturated rings. The highest BCUT2D eigenvalue weighted by atomic mass is 79.9. The molecule has 0 aliphatic carbocycles. The summed E-state index contributed by atoms with van der Waals surface area (Å²) in [5, 5.41) is 0. The van der Waals surface area contributed by atoms with Crippen LogP contribution in [0.15, 0.2) is 54.6 Å². The maximum atomic E-state index is 5.98. The molecule has 3 rings (SSSR count). The Morgan fingerprint density at radius 3 is 2.45 bits per heavy atom. The molecule has 0 atom stereocenters. The van der Waals surface area contributed by atoms with E-state index in [9.17, 15) is 0 Å². The molecule has 2 nitrogen and oxygen atoms in total. The van der Waals surface area contributed by atoms with E-state index < -0.39 is 0 Å². The number of ether oxygens (including phenoxy) is 1. The third kappa shape index (κ3) is 3.60. The molecule has 0 unspecified atom stereocenters.